The standard InChI is InChI=1S/C16H15F4O4PS/c1-24-16(23)9-6(4-7(21)5-8(9)22)2-3-26-15-12(19)10(17)11(18)14(25)13(15)20/h5-6,9,22H,2-4,25H2,1H3. The van der Waals surface area contributed by atoms with Crippen LogP contribution in [0.5, 0.6) is 0 Å². The molecule has 1 aliphatic rings. The third kappa shape index (κ3) is 4.04. The van der Waals surface area contributed by atoms with Crippen LogP contribution in [0.1, 0.15) is 12.8 Å². The number of hydrogen-bond acceptors (Lipinski definition) is 5. The molecule has 3 unspecified atom stereocenters. The molecule has 4 nitrogen and oxygen atoms in total. The predicted molar refractivity (Wildman–Crippen MR) is 90.3 cm³/mol. The summed E-state index contributed by atoms with van der Waals surface area (Å²) in [7, 11) is 2.80. The highest BCUT2D eigenvalue weighted by Gasteiger charge is 2.37. The van der Waals surface area contributed by atoms with Crippen LogP contribution in [0.15, 0.2) is 16.7 Å². The molecule has 3 atom stereocenters. The summed E-state index contributed by atoms with van der Waals surface area (Å²) in [5.74, 6) is -9.52. The third-order valence-corrected chi connectivity index (χ3v) is 5.60. The number of benzene rings is 1. The van der Waals surface area contributed by atoms with E-state index in [1.54, 1.807) is 9.24 Å². The molecule has 0 aliphatic heterocycles. The summed E-state index contributed by atoms with van der Waals surface area (Å²) in [6, 6.07) is 0. The molecule has 142 valence electrons. The molecule has 0 amide bonds. The van der Waals surface area contributed by atoms with Gasteiger partial charge in [0.1, 0.15) is 17.5 Å². The fourth-order valence-electron chi connectivity index (χ4n) is 2.71. The number of hydrogen-bond donors (Lipinski definition) is 1. The molecule has 1 aliphatic carbocycles. The van der Waals surface area contributed by atoms with Gasteiger partial charge in [-0.25, -0.2) is 17.6 Å². The van der Waals surface area contributed by atoms with Gasteiger partial charge in [0.15, 0.2) is 23.2 Å². The number of rotatable bonds is 5. The normalized spacial score (nSPS) is 20.1. The van der Waals surface area contributed by atoms with Gasteiger partial charge < -0.3 is 9.84 Å². The molecule has 0 bridgehead atoms. The molecule has 2 rings (SSSR count). The van der Waals surface area contributed by atoms with E-state index in [4.69, 9.17) is 0 Å². The van der Waals surface area contributed by atoms with Crippen molar-refractivity contribution in [3.63, 3.8) is 0 Å². The fourth-order valence-corrected chi connectivity index (χ4v) is 4.16. The first-order valence-corrected chi connectivity index (χ1v) is 9.00. The van der Waals surface area contributed by atoms with Crippen molar-refractivity contribution in [2.24, 2.45) is 11.8 Å². The molecule has 0 spiro atoms. The SMILES string of the molecule is COC(=O)C1C(O)=CC(=O)CC1CCSc1c(F)c(F)c(F)c(P)c1F. The summed E-state index contributed by atoms with van der Waals surface area (Å²) >= 11 is 0.594. The maximum atomic E-state index is 14.0. The number of aliphatic hydroxyl groups excluding tert-OH is 1. The number of allylic oxidation sites excluding steroid dienone is 1. The molecular weight excluding hydrogens is 395 g/mol. The highest BCUT2D eigenvalue weighted by molar-refractivity contribution is 7.99. The van der Waals surface area contributed by atoms with Gasteiger partial charge in [-0.05, 0) is 18.1 Å². The second kappa shape index (κ2) is 8.39. The Bertz CT molecular complexity index is 755. The molecule has 0 fully saturated rings. The van der Waals surface area contributed by atoms with Crippen molar-refractivity contribution in [3.8, 4) is 0 Å². The molecule has 0 aromatic heterocycles. The lowest BCUT2D eigenvalue weighted by Crippen LogP contribution is -2.32. The van der Waals surface area contributed by atoms with Crippen molar-refractivity contribution in [3.05, 3.63) is 35.1 Å². The van der Waals surface area contributed by atoms with Gasteiger partial charge in [-0.1, -0.05) is 9.24 Å². The van der Waals surface area contributed by atoms with E-state index < -0.39 is 62.8 Å². The number of thioether (sulfide) groups is 1. The van der Waals surface area contributed by atoms with E-state index >= 15 is 0 Å². The van der Waals surface area contributed by atoms with Crippen LogP contribution in [0, 0.1) is 35.1 Å². The minimum absolute atomic E-state index is 0.00173. The molecule has 0 radical (unpaired) electrons. The molecule has 1 N–H and O–H groups in total. The van der Waals surface area contributed by atoms with Gasteiger partial charge >= 0.3 is 5.97 Å². The Morgan fingerprint density at radius 2 is 1.92 bits per heavy atom. The largest absolute Gasteiger partial charge is 0.511 e. The van der Waals surface area contributed by atoms with E-state index in [1.807, 2.05) is 0 Å². The molecule has 0 heterocycles. The Morgan fingerprint density at radius 1 is 1.27 bits per heavy atom. The zero-order valence-corrected chi connectivity index (χ0v) is 15.5. The number of ketones is 1. The summed E-state index contributed by atoms with van der Waals surface area (Å²) in [5.41, 5.74) is 0. The Morgan fingerprint density at radius 3 is 2.54 bits per heavy atom. The quantitative estimate of drug-likeness (QED) is 0.202. The van der Waals surface area contributed by atoms with Crippen molar-refractivity contribution in [1.29, 1.82) is 0 Å². The van der Waals surface area contributed by atoms with E-state index in [2.05, 4.69) is 4.74 Å². The number of methoxy groups -OCH3 is 1. The van der Waals surface area contributed by atoms with Crippen LogP contribution in [0.4, 0.5) is 17.6 Å². The van der Waals surface area contributed by atoms with Gasteiger partial charge in [-0.15, -0.1) is 11.8 Å². The van der Waals surface area contributed by atoms with Gasteiger partial charge in [0.05, 0.1) is 12.0 Å². The number of ether oxygens (including phenoxy) is 1. The molecular formula is C16H15F4O4PS. The van der Waals surface area contributed by atoms with E-state index in [0.717, 1.165) is 13.2 Å². The van der Waals surface area contributed by atoms with Gasteiger partial charge in [0, 0.05) is 17.8 Å². The van der Waals surface area contributed by atoms with E-state index in [9.17, 15) is 32.3 Å². The first kappa shape index (κ1) is 20.7. The van der Waals surface area contributed by atoms with E-state index in [0.29, 0.717) is 11.8 Å². The van der Waals surface area contributed by atoms with Crippen LogP contribution >= 0.6 is 21.0 Å². The molecule has 0 saturated carbocycles. The van der Waals surface area contributed by atoms with Gasteiger partial charge in [-0.3, -0.25) is 9.59 Å². The van der Waals surface area contributed by atoms with Crippen molar-refractivity contribution in [2.45, 2.75) is 17.7 Å². The molecule has 1 aromatic rings. The van der Waals surface area contributed by atoms with E-state index in [1.165, 1.54) is 0 Å². The summed E-state index contributed by atoms with van der Waals surface area (Å²) in [5, 5.41) is 9.12. The summed E-state index contributed by atoms with van der Waals surface area (Å²) in [4.78, 5) is 22.7. The van der Waals surface area contributed by atoms with Crippen LogP contribution in [-0.2, 0) is 14.3 Å². The van der Waals surface area contributed by atoms with Crippen LogP contribution in [-0.4, -0.2) is 29.7 Å². The van der Waals surface area contributed by atoms with Crippen molar-refractivity contribution in [2.75, 3.05) is 12.9 Å². The van der Waals surface area contributed by atoms with Crippen LogP contribution in [0.2, 0.25) is 0 Å². The average Bonchev–Trinajstić information content (AvgIpc) is 2.60. The predicted octanol–water partition coefficient (Wildman–Crippen LogP) is 3.05. The minimum atomic E-state index is -1.78. The van der Waals surface area contributed by atoms with Crippen molar-refractivity contribution < 1.29 is 37.0 Å². The highest BCUT2D eigenvalue weighted by Crippen LogP contribution is 2.35. The van der Waals surface area contributed by atoms with Crippen LogP contribution in [0.25, 0.3) is 0 Å². The topological polar surface area (TPSA) is 63.6 Å². The monoisotopic (exact) mass is 410 g/mol. The average molecular weight is 410 g/mol. The van der Waals surface area contributed by atoms with Gasteiger partial charge in [-0.2, -0.15) is 0 Å². The number of esters is 1. The second-order valence-electron chi connectivity index (χ2n) is 5.64. The molecule has 1 aromatic carbocycles. The molecule has 0 saturated heterocycles. The number of carbonyl (C=O) groups is 2. The molecule has 26 heavy (non-hydrogen) atoms. The minimum Gasteiger partial charge on any atom is -0.511 e. The Hall–Kier alpha value is -1.60. The lowest BCUT2D eigenvalue weighted by Gasteiger charge is -2.27. The zero-order chi connectivity index (χ0) is 19.6. The number of carbonyl (C=O) groups excluding carboxylic acids is 2. The van der Waals surface area contributed by atoms with Crippen LogP contribution in [0.3, 0.4) is 0 Å². The number of halogens is 4. The molecule has 10 heteroatoms. The smallest absolute Gasteiger partial charge is 0.316 e. The maximum absolute atomic E-state index is 14.0. The van der Waals surface area contributed by atoms with Crippen LogP contribution < -0.4 is 5.30 Å². The Labute approximate surface area is 153 Å². The Kier molecular flexibility index (Phi) is 6.69. The number of aliphatic hydroxyl groups is 1. The van der Waals surface area contributed by atoms with Gasteiger partial charge in [0.2, 0.25) is 0 Å². The lowest BCUT2D eigenvalue weighted by molar-refractivity contribution is -0.147. The van der Waals surface area contributed by atoms with Crippen molar-refractivity contribution in [1.82, 2.24) is 0 Å². The first-order valence-electron chi connectivity index (χ1n) is 7.44. The fraction of sp³-hybridized carbons (Fsp3) is 0.375. The lowest BCUT2D eigenvalue weighted by atomic mass is 9.80. The third-order valence-electron chi connectivity index (χ3n) is 4.01. The maximum Gasteiger partial charge on any atom is 0.316 e. The zero-order valence-electron chi connectivity index (χ0n) is 13.5. The summed E-state index contributed by atoms with van der Waals surface area (Å²) in [6.45, 7) is 0. The highest BCUT2D eigenvalue weighted by atomic mass is 32.2. The summed E-state index contributed by atoms with van der Waals surface area (Å²) < 4.78 is 59.1. The first-order chi connectivity index (χ1) is 12.2. The Balaban J connectivity index is 2.15. The van der Waals surface area contributed by atoms with E-state index in [-0.39, 0.29) is 18.6 Å². The summed E-state index contributed by atoms with van der Waals surface area (Å²) in [6.07, 6.45) is 1.00. The van der Waals surface area contributed by atoms with Crippen molar-refractivity contribution >= 4 is 38.1 Å². The van der Waals surface area contributed by atoms with Gasteiger partial charge in [0.25, 0.3) is 0 Å². The second-order valence-corrected chi connectivity index (χ2v) is 7.32.